The zero-order chi connectivity index (χ0) is 13.6. The Morgan fingerprint density at radius 3 is 2.33 bits per heavy atom. The van der Waals surface area contributed by atoms with E-state index in [9.17, 15) is 4.79 Å². The van der Waals surface area contributed by atoms with E-state index in [1.165, 1.54) is 45.6 Å². The molecule has 0 radical (unpaired) electrons. The molecule has 1 fully saturated rings. The third kappa shape index (κ3) is 3.95. The highest BCUT2D eigenvalue weighted by Crippen LogP contribution is 2.22. The molecule has 1 aliphatic rings. The van der Waals surface area contributed by atoms with Gasteiger partial charge in [0.2, 0.25) is 0 Å². The molecule has 0 aromatic carbocycles. The van der Waals surface area contributed by atoms with Gasteiger partial charge in [-0.05, 0) is 33.9 Å². The van der Waals surface area contributed by atoms with Gasteiger partial charge in [-0.15, -0.1) is 0 Å². The Morgan fingerprint density at radius 2 is 1.89 bits per heavy atom. The molecule has 1 unspecified atom stereocenters. The molecule has 1 saturated carbocycles. The van der Waals surface area contributed by atoms with Gasteiger partial charge >= 0.3 is 5.97 Å². The second-order valence-electron chi connectivity index (χ2n) is 5.63. The van der Waals surface area contributed by atoms with Crippen LogP contribution in [0.3, 0.4) is 0 Å². The van der Waals surface area contributed by atoms with E-state index >= 15 is 0 Å². The Labute approximate surface area is 111 Å². The Hall–Kier alpha value is -0.610. The van der Waals surface area contributed by atoms with Crippen LogP contribution in [0.1, 0.15) is 45.4 Å². The van der Waals surface area contributed by atoms with Gasteiger partial charge in [0.25, 0.3) is 0 Å². The number of hydrogen-bond acceptors (Lipinski definition) is 4. The van der Waals surface area contributed by atoms with Crippen LogP contribution in [0.5, 0.6) is 0 Å². The molecule has 4 nitrogen and oxygen atoms in total. The van der Waals surface area contributed by atoms with Gasteiger partial charge in [-0.1, -0.05) is 25.7 Å². The average Bonchev–Trinajstić information content (AvgIpc) is 2.66. The van der Waals surface area contributed by atoms with E-state index in [1.807, 2.05) is 14.0 Å². The Bertz CT molecular complexity index is 263. The first kappa shape index (κ1) is 15.4. The summed E-state index contributed by atoms with van der Waals surface area (Å²) in [6.45, 7) is 2.60. The maximum Gasteiger partial charge on any atom is 0.327 e. The highest BCUT2D eigenvalue weighted by Gasteiger charge is 2.35. The Kier molecular flexibility index (Phi) is 6.09. The molecule has 1 N–H and O–H groups in total. The highest BCUT2D eigenvalue weighted by atomic mass is 16.5. The number of nitrogens with zero attached hydrogens (tertiary/aromatic N) is 1. The maximum atomic E-state index is 11.8. The summed E-state index contributed by atoms with van der Waals surface area (Å²) in [5.41, 5.74) is -0.615. The van der Waals surface area contributed by atoms with Crippen molar-refractivity contribution in [3.05, 3.63) is 0 Å². The van der Waals surface area contributed by atoms with Gasteiger partial charge in [-0.3, -0.25) is 4.79 Å². The number of ether oxygens (including phenoxy) is 1. The summed E-state index contributed by atoms with van der Waals surface area (Å²) in [5, 5.41) is 3.10. The van der Waals surface area contributed by atoms with E-state index in [1.54, 1.807) is 0 Å². The molecule has 0 saturated heterocycles. The number of carbonyl (C=O) groups excluding carboxylic acids is 1. The number of methoxy groups -OCH3 is 1. The van der Waals surface area contributed by atoms with E-state index in [0.717, 1.165) is 0 Å². The zero-order valence-corrected chi connectivity index (χ0v) is 12.3. The van der Waals surface area contributed by atoms with Crippen molar-refractivity contribution >= 4 is 5.97 Å². The lowest BCUT2D eigenvalue weighted by molar-refractivity contribution is -0.148. The van der Waals surface area contributed by atoms with Crippen molar-refractivity contribution in [2.45, 2.75) is 57.0 Å². The summed E-state index contributed by atoms with van der Waals surface area (Å²) in [6.07, 6.45) is 7.82. The molecule has 18 heavy (non-hydrogen) atoms. The minimum Gasteiger partial charge on any atom is -0.468 e. The van der Waals surface area contributed by atoms with Gasteiger partial charge in [0.05, 0.1) is 7.11 Å². The average molecular weight is 256 g/mol. The van der Waals surface area contributed by atoms with Crippen LogP contribution >= 0.6 is 0 Å². The number of carbonyl (C=O) groups is 1. The maximum absolute atomic E-state index is 11.8. The summed E-state index contributed by atoms with van der Waals surface area (Å²) >= 11 is 0. The van der Waals surface area contributed by atoms with Crippen LogP contribution in [-0.4, -0.2) is 50.2 Å². The molecule has 0 heterocycles. The van der Waals surface area contributed by atoms with Crippen LogP contribution < -0.4 is 5.32 Å². The van der Waals surface area contributed by atoms with Crippen molar-refractivity contribution in [3.63, 3.8) is 0 Å². The molecular weight excluding hydrogens is 228 g/mol. The quantitative estimate of drug-likeness (QED) is 0.601. The van der Waals surface area contributed by atoms with Crippen molar-refractivity contribution in [1.82, 2.24) is 10.2 Å². The molecule has 0 aromatic rings. The van der Waals surface area contributed by atoms with Gasteiger partial charge in [-0.25, -0.2) is 0 Å². The number of hydrogen-bond donors (Lipinski definition) is 1. The topological polar surface area (TPSA) is 41.6 Å². The van der Waals surface area contributed by atoms with E-state index in [4.69, 9.17) is 4.74 Å². The van der Waals surface area contributed by atoms with Gasteiger partial charge in [0.1, 0.15) is 5.54 Å². The van der Waals surface area contributed by atoms with E-state index in [2.05, 4.69) is 17.3 Å². The molecule has 1 rings (SSSR count). The minimum atomic E-state index is -0.615. The second-order valence-corrected chi connectivity index (χ2v) is 5.63. The Morgan fingerprint density at radius 1 is 1.33 bits per heavy atom. The van der Waals surface area contributed by atoms with Crippen molar-refractivity contribution < 1.29 is 9.53 Å². The Balaban J connectivity index is 2.60. The largest absolute Gasteiger partial charge is 0.468 e. The molecule has 0 aromatic heterocycles. The predicted molar refractivity (Wildman–Crippen MR) is 73.6 cm³/mol. The van der Waals surface area contributed by atoms with Crippen molar-refractivity contribution in [2.75, 3.05) is 27.7 Å². The standard InChI is InChI=1S/C14H28N2O2/c1-14(15-2,13(17)18-4)11-16(3)12-9-7-5-6-8-10-12/h12,15H,5-11H2,1-4H3. The van der Waals surface area contributed by atoms with Gasteiger partial charge in [-0.2, -0.15) is 0 Å². The fraction of sp³-hybridized carbons (Fsp3) is 0.929. The zero-order valence-electron chi connectivity index (χ0n) is 12.3. The molecule has 4 heteroatoms. The number of rotatable bonds is 5. The second kappa shape index (κ2) is 7.10. The first-order chi connectivity index (χ1) is 8.53. The van der Waals surface area contributed by atoms with E-state index in [0.29, 0.717) is 12.6 Å². The van der Waals surface area contributed by atoms with Crippen LogP contribution in [0.2, 0.25) is 0 Å². The monoisotopic (exact) mass is 256 g/mol. The highest BCUT2D eigenvalue weighted by molar-refractivity contribution is 5.80. The molecule has 1 aliphatic carbocycles. The van der Waals surface area contributed by atoms with Gasteiger partial charge < -0.3 is 15.0 Å². The van der Waals surface area contributed by atoms with Gasteiger partial charge in [0, 0.05) is 12.6 Å². The van der Waals surface area contributed by atoms with Crippen LogP contribution in [0, 0.1) is 0 Å². The first-order valence-electron chi connectivity index (χ1n) is 7.01. The minimum absolute atomic E-state index is 0.189. The summed E-state index contributed by atoms with van der Waals surface area (Å²) in [7, 11) is 5.38. The number of likely N-dealkylation sites (N-methyl/N-ethyl adjacent to an activating group) is 2. The first-order valence-corrected chi connectivity index (χ1v) is 7.01. The lowest BCUT2D eigenvalue weighted by atomic mass is 9.99. The molecular formula is C14H28N2O2. The van der Waals surface area contributed by atoms with Crippen LogP contribution in [0.4, 0.5) is 0 Å². The molecule has 0 spiro atoms. The molecule has 0 amide bonds. The third-order valence-corrected chi connectivity index (χ3v) is 4.20. The van der Waals surface area contributed by atoms with E-state index in [-0.39, 0.29) is 5.97 Å². The predicted octanol–water partition coefficient (Wildman–Crippen LogP) is 1.79. The molecule has 106 valence electrons. The smallest absolute Gasteiger partial charge is 0.327 e. The van der Waals surface area contributed by atoms with Crippen LogP contribution in [0.25, 0.3) is 0 Å². The van der Waals surface area contributed by atoms with Crippen LogP contribution in [0.15, 0.2) is 0 Å². The summed E-state index contributed by atoms with van der Waals surface area (Å²) in [6, 6.07) is 0.602. The third-order valence-electron chi connectivity index (χ3n) is 4.20. The molecule has 0 aliphatic heterocycles. The molecule has 0 bridgehead atoms. The number of esters is 1. The summed E-state index contributed by atoms with van der Waals surface area (Å²) in [4.78, 5) is 14.2. The SMILES string of the molecule is CNC(C)(CN(C)C1CCCCCC1)C(=O)OC. The normalized spacial score (nSPS) is 21.4. The van der Waals surface area contributed by atoms with Crippen LogP contribution in [-0.2, 0) is 9.53 Å². The van der Waals surface area contributed by atoms with Gasteiger partial charge in [0.15, 0.2) is 0 Å². The van der Waals surface area contributed by atoms with Crippen molar-refractivity contribution in [1.29, 1.82) is 0 Å². The fourth-order valence-corrected chi connectivity index (χ4v) is 2.80. The van der Waals surface area contributed by atoms with Crippen molar-refractivity contribution in [2.24, 2.45) is 0 Å². The molecule has 1 atom stereocenters. The van der Waals surface area contributed by atoms with Crippen molar-refractivity contribution in [3.8, 4) is 0 Å². The lowest BCUT2D eigenvalue weighted by Crippen LogP contribution is -2.56. The summed E-state index contributed by atoms with van der Waals surface area (Å²) in [5.74, 6) is -0.189. The summed E-state index contributed by atoms with van der Waals surface area (Å²) < 4.78 is 4.89. The lowest BCUT2D eigenvalue weighted by Gasteiger charge is -2.35. The number of nitrogens with one attached hydrogen (secondary N) is 1. The van der Waals surface area contributed by atoms with E-state index < -0.39 is 5.54 Å². The fourth-order valence-electron chi connectivity index (χ4n) is 2.80.